The predicted octanol–water partition coefficient (Wildman–Crippen LogP) is 4.75. The molecule has 4 nitrogen and oxygen atoms in total. The fraction of sp³-hybridized carbons (Fsp3) is 0.368. The van der Waals surface area contributed by atoms with E-state index in [1.807, 2.05) is 50.2 Å². The zero-order valence-electron chi connectivity index (χ0n) is 14.2. The number of rotatable bonds is 8. The molecule has 0 aliphatic heterocycles. The second-order valence-electron chi connectivity index (χ2n) is 5.59. The van der Waals surface area contributed by atoms with Crippen LogP contribution >= 0.6 is 15.9 Å². The van der Waals surface area contributed by atoms with E-state index in [1.54, 1.807) is 11.1 Å². The van der Waals surface area contributed by atoms with Crippen molar-refractivity contribution in [3.8, 4) is 5.75 Å². The lowest BCUT2D eigenvalue weighted by atomic mass is 10.2. The van der Waals surface area contributed by atoms with Crippen molar-refractivity contribution < 1.29 is 9.53 Å². The van der Waals surface area contributed by atoms with Gasteiger partial charge in [0.1, 0.15) is 11.6 Å². The van der Waals surface area contributed by atoms with E-state index >= 15 is 0 Å². The van der Waals surface area contributed by atoms with E-state index in [0.29, 0.717) is 25.4 Å². The Hall–Kier alpha value is -1.88. The van der Waals surface area contributed by atoms with E-state index in [-0.39, 0.29) is 5.91 Å². The fourth-order valence-electron chi connectivity index (χ4n) is 2.40. The molecule has 1 aromatic heterocycles. The maximum atomic E-state index is 12.4. The number of carbonyl (C=O) groups is 1. The van der Waals surface area contributed by atoms with E-state index in [1.165, 1.54) is 5.56 Å². The normalized spacial score (nSPS) is 10.5. The number of hydrogen-bond acceptors (Lipinski definition) is 3. The number of amides is 1. The van der Waals surface area contributed by atoms with Crippen molar-refractivity contribution in [1.82, 2.24) is 4.98 Å². The van der Waals surface area contributed by atoms with Gasteiger partial charge in [0.15, 0.2) is 0 Å². The molecule has 0 radical (unpaired) electrons. The summed E-state index contributed by atoms with van der Waals surface area (Å²) < 4.78 is 6.62. The first kappa shape index (κ1) is 18.5. The maximum absolute atomic E-state index is 12.4. The molecule has 0 N–H and O–H groups in total. The molecule has 0 saturated carbocycles. The van der Waals surface area contributed by atoms with Crippen molar-refractivity contribution in [3.63, 3.8) is 0 Å². The molecular weight excluding hydrogens is 368 g/mol. The zero-order chi connectivity index (χ0) is 17.4. The summed E-state index contributed by atoms with van der Waals surface area (Å²) in [6, 6.07) is 11.7. The van der Waals surface area contributed by atoms with Crippen LogP contribution in [0, 0.1) is 6.92 Å². The average Bonchev–Trinajstić information content (AvgIpc) is 2.57. The molecule has 1 amide bonds. The Morgan fingerprint density at radius 3 is 2.75 bits per heavy atom. The molecule has 0 bridgehead atoms. The van der Waals surface area contributed by atoms with Gasteiger partial charge in [-0.1, -0.05) is 12.1 Å². The molecule has 24 heavy (non-hydrogen) atoms. The van der Waals surface area contributed by atoms with Crippen LogP contribution in [0.25, 0.3) is 0 Å². The SMILES string of the molecule is CCN(C(=O)CCCCOc1cccc(C)c1)c1ccc(Br)cn1. The van der Waals surface area contributed by atoms with E-state index in [0.717, 1.165) is 23.1 Å². The van der Waals surface area contributed by atoms with E-state index in [2.05, 4.69) is 20.9 Å². The van der Waals surface area contributed by atoms with Gasteiger partial charge >= 0.3 is 0 Å². The van der Waals surface area contributed by atoms with E-state index in [9.17, 15) is 4.79 Å². The molecule has 0 atom stereocenters. The van der Waals surface area contributed by atoms with Gasteiger partial charge in [-0.15, -0.1) is 0 Å². The maximum Gasteiger partial charge on any atom is 0.228 e. The smallest absolute Gasteiger partial charge is 0.228 e. The Balaban J connectivity index is 1.74. The third kappa shape index (κ3) is 5.64. The summed E-state index contributed by atoms with van der Waals surface area (Å²) in [6.45, 7) is 5.25. The molecule has 0 spiro atoms. The largest absolute Gasteiger partial charge is 0.494 e. The molecule has 2 aromatic rings. The number of ether oxygens (including phenoxy) is 1. The predicted molar refractivity (Wildman–Crippen MR) is 100 cm³/mol. The van der Waals surface area contributed by atoms with Crippen LogP contribution in [-0.2, 0) is 4.79 Å². The lowest BCUT2D eigenvalue weighted by molar-refractivity contribution is -0.118. The number of hydrogen-bond donors (Lipinski definition) is 0. The first-order valence-corrected chi connectivity index (χ1v) is 9.01. The van der Waals surface area contributed by atoms with E-state index < -0.39 is 0 Å². The number of carbonyl (C=O) groups excluding carboxylic acids is 1. The molecule has 0 fully saturated rings. The Morgan fingerprint density at radius 1 is 1.25 bits per heavy atom. The van der Waals surface area contributed by atoms with Crippen LogP contribution < -0.4 is 9.64 Å². The van der Waals surface area contributed by atoms with Crippen LogP contribution in [0.15, 0.2) is 47.1 Å². The number of aryl methyl sites for hydroxylation is 1. The average molecular weight is 391 g/mol. The highest BCUT2D eigenvalue weighted by molar-refractivity contribution is 9.10. The highest BCUT2D eigenvalue weighted by Gasteiger charge is 2.14. The van der Waals surface area contributed by atoms with Crippen LogP contribution in [0.3, 0.4) is 0 Å². The molecule has 2 rings (SSSR count). The number of nitrogens with zero attached hydrogens (tertiary/aromatic N) is 2. The Morgan fingerprint density at radius 2 is 2.08 bits per heavy atom. The van der Waals surface area contributed by atoms with Gasteiger partial charge in [0.05, 0.1) is 6.61 Å². The van der Waals surface area contributed by atoms with Crippen molar-refractivity contribution >= 4 is 27.7 Å². The minimum atomic E-state index is 0.0999. The number of aromatic nitrogens is 1. The summed E-state index contributed by atoms with van der Waals surface area (Å²) in [6.07, 6.45) is 3.87. The van der Waals surface area contributed by atoms with Gasteiger partial charge in [-0.2, -0.15) is 0 Å². The minimum absolute atomic E-state index is 0.0999. The van der Waals surface area contributed by atoms with Crippen molar-refractivity contribution in [1.29, 1.82) is 0 Å². The Labute approximate surface area is 152 Å². The molecular formula is C19H23BrN2O2. The van der Waals surface area contributed by atoms with E-state index in [4.69, 9.17) is 4.74 Å². The molecule has 1 aromatic carbocycles. The number of pyridine rings is 1. The van der Waals surface area contributed by atoms with Crippen LogP contribution in [0.1, 0.15) is 31.7 Å². The summed E-state index contributed by atoms with van der Waals surface area (Å²) in [5.41, 5.74) is 1.18. The van der Waals surface area contributed by atoms with Gasteiger partial charge < -0.3 is 4.74 Å². The second-order valence-corrected chi connectivity index (χ2v) is 6.51. The summed E-state index contributed by atoms with van der Waals surface area (Å²) in [4.78, 5) is 18.4. The van der Waals surface area contributed by atoms with Gasteiger partial charge in [0.25, 0.3) is 0 Å². The Kier molecular flexibility index (Phi) is 7.25. The standard InChI is InChI=1S/C19H23BrN2O2/c1-3-22(18-11-10-16(20)14-21-18)19(23)9-4-5-12-24-17-8-6-7-15(2)13-17/h6-8,10-11,13-14H,3-5,9,12H2,1-2H3. The Bertz CT molecular complexity index is 659. The summed E-state index contributed by atoms with van der Waals surface area (Å²) in [5, 5.41) is 0. The van der Waals surface area contributed by atoms with Gasteiger partial charge in [-0.25, -0.2) is 4.98 Å². The summed E-state index contributed by atoms with van der Waals surface area (Å²) >= 11 is 3.36. The first-order valence-electron chi connectivity index (χ1n) is 8.21. The van der Waals surface area contributed by atoms with Crippen molar-refractivity contribution in [2.24, 2.45) is 0 Å². The lowest BCUT2D eigenvalue weighted by Crippen LogP contribution is -2.31. The number of unbranched alkanes of at least 4 members (excludes halogenated alkanes) is 1. The molecule has 0 saturated heterocycles. The van der Waals surface area contributed by atoms with Gasteiger partial charge in [0.2, 0.25) is 5.91 Å². The first-order chi connectivity index (χ1) is 11.6. The topological polar surface area (TPSA) is 42.4 Å². The number of anilines is 1. The van der Waals surface area contributed by atoms with Gasteiger partial charge in [-0.05, 0) is 72.4 Å². The molecule has 1 heterocycles. The number of benzene rings is 1. The zero-order valence-corrected chi connectivity index (χ0v) is 15.8. The van der Waals surface area contributed by atoms with Crippen LogP contribution in [0.2, 0.25) is 0 Å². The molecule has 128 valence electrons. The van der Waals surface area contributed by atoms with Crippen molar-refractivity contribution in [3.05, 3.63) is 52.6 Å². The van der Waals surface area contributed by atoms with Crippen LogP contribution in [-0.4, -0.2) is 24.0 Å². The lowest BCUT2D eigenvalue weighted by Gasteiger charge is -2.19. The van der Waals surface area contributed by atoms with Crippen LogP contribution in [0.4, 0.5) is 5.82 Å². The number of halogens is 1. The monoisotopic (exact) mass is 390 g/mol. The van der Waals surface area contributed by atoms with Crippen molar-refractivity contribution in [2.75, 3.05) is 18.1 Å². The molecule has 0 unspecified atom stereocenters. The molecule has 0 aliphatic carbocycles. The van der Waals surface area contributed by atoms with Crippen molar-refractivity contribution in [2.45, 2.75) is 33.1 Å². The van der Waals surface area contributed by atoms with Gasteiger partial charge in [-0.3, -0.25) is 9.69 Å². The summed E-state index contributed by atoms with van der Waals surface area (Å²) in [7, 11) is 0. The third-order valence-electron chi connectivity index (χ3n) is 3.65. The fourth-order valence-corrected chi connectivity index (χ4v) is 2.64. The summed E-state index contributed by atoms with van der Waals surface area (Å²) in [5.74, 6) is 1.68. The molecule has 0 aliphatic rings. The molecule has 5 heteroatoms. The quantitative estimate of drug-likeness (QED) is 0.610. The minimum Gasteiger partial charge on any atom is -0.494 e. The highest BCUT2D eigenvalue weighted by atomic mass is 79.9. The highest BCUT2D eigenvalue weighted by Crippen LogP contribution is 2.17. The third-order valence-corrected chi connectivity index (χ3v) is 4.12. The second kappa shape index (κ2) is 9.42. The van der Waals surface area contributed by atoms with Gasteiger partial charge in [0, 0.05) is 23.6 Å². The van der Waals surface area contributed by atoms with Crippen LogP contribution in [0.5, 0.6) is 5.75 Å².